The minimum Gasteiger partial charge on any atom is -0.462 e. The van der Waals surface area contributed by atoms with Crippen molar-refractivity contribution in [2.24, 2.45) is 0 Å². The number of aromatic nitrogens is 1. The molecule has 98 valence electrons. The summed E-state index contributed by atoms with van der Waals surface area (Å²) in [4.78, 5) is 27.3. The van der Waals surface area contributed by atoms with Gasteiger partial charge in [0.25, 0.3) is 5.91 Å². The number of hydrogen-bond acceptors (Lipinski definition) is 5. The molecular weight excluding hydrogens is 264 g/mol. The number of nitrogens with zero attached hydrogens (tertiary/aromatic N) is 1. The lowest BCUT2D eigenvalue weighted by Crippen LogP contribution is -2.12. The number of carbonyl (C=O) groups excluding carboxylic acids is 2. The second-order valence-corrected chi connectivity index (χ2v) is 4.49. The van der Waals surface area contributed by atoms with Crippen LogP contribution in [-0.2, 0) is 4.74 Å². The van der Waals surface area contributed by atoms with E-state index in [9.17, 15) is 9.59 Å². The Morgan fingerprint density at radius 1 is 1.42 bits per heavy atom. The molecule has 0 aliphatic carbocycles. The Bertz CT molecular complexity index is 581. The largest absolute Gasteiger partial charge is 0.462 e. The zero-order valence-corrected chi connectivity index (χ0v) is 11.1. The van der Waals surface area contributed by atoms with Gasteiger partial charge in [-0.2, -0.15) is 0 Å². The molecule has 1 N–H and O–H groups in total. The van der Waals surface area contributed by atoms with Gasteiger partial charge in [-0.25, -0.2) is 9.78 Å². The minimum absolute atomic E-state index is 0.295. The summed E-state index contributed by atoms with van der Waals surface area (Å²) in [5, 5.41) is 4.79. The van der Waals surface area contributed by atoms with E-state index in [1.54, 1.807) is 42.8 Å². The van der Waals surface area contributed by atoms with Crippen LogP contribution in [-0.4, -0.2) is 23.5 Å². The highest BCUT2D eigenvalue weighted by Crippen LogP contribution is 2.14. The van der Waals surface area contributed by atoms with E-state index in [-0.39, 0.29) is 5.91 Å². The van der Waals surface area contributed by atoms with Gasteiger partial charge in [-0.1, -0.05) is 6.07 Å². The fourth-order valence-electron chi connectivity index (χ4n) is 1.46. The lowest BCUT2D eigenvalue weighted by molar-refractivity contribution is 0.0526. The molecule has 0 aliphatic heterocycles. The molecule has 0 bridgehead atoms. The second kappa shape index (κ2) is 6.10. The van der Waals surface area contributed by atoms with Crippen molar-refractivity contribution in [3.05, 3.63) is 46.4 Å². The van der Waals surface area contributed by atoms with Crippen LogP contribution in [0.15, 0.2) is 35.8 Å². The lowest BCUT2D eigenvalue weighted by Gasteiger charge is -2.05. The Kier molecular flexibility index (Phi) is 4.25. The van der Waals surface area contributed by atoms with E-state index in [1.165, 1.54) is 11.3 Å². The maximum absolute atomic E-state index is 11.8. The molecule has 1 amide bonds. The predicted octanol–water partition coefficient (Wildman–Crippen LogP) is 2.57. The van der Waals surface area contributed by atoms with Crippen LogP contribution in [0.25, 0.3) is 0 Å². The average Bonchev–Trinajstić information content (AvgIpc) is 2.93. The molecule has 0 fully saturated rings. The molecule has 1 heterocycles. The van der Waals surface area contributed by atoms with Crippen molar-refractivity contribution in [3.8, 4) is 0 Å². The summed E-state index contributed by atoms with van der Waals surface area (Å²) in [5.41, 5.74) is 0.935. The van der Waals surface area contributed by atoms with Crippen LogP contribution < -0.4 is 5.32 Å². The van der Waals surface area contributed by atoms with Crippen LogP contribution in [0.4, 0.5) is 5.69 Å². The molecule has 1 aromatic carbocycles. The fraction of sp³-hybridized carbons (Fsp3) is 0.154. The molecule has 0 spiro atoms. The van der Waals surface area contributed by atoms with Crippen LogP contribution in [0.2, 0.25) is 0 Å². The number of thiazole rings is 1. The summed E-state index contributed by atoms with van der Waals surface area (Å²) >= 11 is 1.25. The summed E-state index contributed by atoms with van der Waals surface area (Å²) < 4.78 is 4.90. The summed E-state index contributed by atoms with van der Waals surface area (Å²) in [6.45, 7) is 2.06. The van der Waals surface area contributed by atoms with Gasteiger partial charge in [-0.05, 0) is 25.1 Å². The molecule has 2 rings (SSSR count). The third kappa shape index (κ3) is 3.38. The normalized spacial score (nSPS) is 9.95. The zero-order chi connectivity index (χ0) is 13.7. The Labute approximate surface area is 114 Å². The number of ether oxygens (including phenoxy) is 1. The van der Waals surface area contributed by atoms with Crippen molar-refractivity contribution in [1.82, 2.24) is 4.98 Å². The van der Waals surface area contributed by atoms with Gasteiger partial charge in [0, 0.05) is 17.3 Å². The summed E-state index contributed by atoms with van der Waals surface area (Å²) in [5.74, 6) is -0.705. The first-order chi connectivity index (χ1) is 9.20. The molecule has 1 aromatic heterocycles. The molecular formula is C13H12N2O3S. The number of anilines is 1. The van der Waals surface area contributed by atoms with E-state index in [0.29, 0.717) is 22.9 Å². The lowest BCUT2D eigenvalue weighted by atomic mass is 10.2. The third-order valence-electron chi connectivity index (χ3n) is 2.26. The predicted molar refractivity (Wildman–Crippen MR) is 72.5 cm³/mol. The van der Waals surface area contributed by atoms with Crippen LogP contribution in [0.3, 0.4) is 0 Å². The third-order valence-corrected chi connectivity index (χ3v) is 3.03. The summed E-state index contributed by atoms with van der Waals surface area (Å²) in [6, 6.07) is 6.60. The van der Waals surface area contributed by atoms with Gasteiger partial charge in [-0.15, -0.1) is 11.3 Å². The Balaban J connectivity index is 2.11. The molecule has 2 aromatic rings. The van der Waals surface area contributed by atoms with Gasteiger partial charge in [0.2, 0.25) is 0 Å². The van der Waals surface area contributed by atoms with E-state index < -0.39 is 5.97 Å². The Morgan fingerprint density at radius 3 is 2.95 bits per heavy atom. The van der Waals surface area contributed by atoms with Crippen molar-refractivity contribution < 1.29 is 14.3 Å². The molecule has 0 radical (unpaired) electrons. The van der Waals surface area contributed by atoms with Gasteiger partial charge in [0.05, 0.1) is 12.2 Å². The van der Waals surface area contributed by atoms with Gasteiger partial charge < -0.3 is 10.1 Å². The van der Waals surface area contributed by atoms with Crippen molar-refractivity contribution in [2.75, 3.05) is 11.9 Å². The average molecular weight is 276 g/mol. The monoisotopic (exact) mass is 276 g/mol. The van der Waals surface area contributed by atoms with Crippen LogP contribution in [0, 0.1) is 0 Å². The van der Waals surface area contributed by atoms with Gasteiger partial charge in [0.15, 0.2) is 5.01 Å². The number of nitrogens with one attached hydrogen (secondary N) is 1. The number of benzene rings is 1. The minimum atomic E-state index is -0.409. The Hall–Kier alpha value is -2.21. The zero-order valence-electron chi connectivity index (χ0n) is 10.3. The molecule has 5 nitrogen and oxygen atoms in total. The molecule has 19 heavy (non-hydrogen) atoms. The van der Waals surface area contributed by atoms with E-state index in [4.69, 9.17) is 4.74 Å². The smallest absolute Gasteiger partial charge is 0.338 e. The van der Waals surface area contributed by atoms with E-state index in [2.05, 4.69) is 10.3 Å². The molecule has 0 saturated heterocycles. The first-order valence-electron chi connectivity index (χ1n) is 5.68. The van der Waals surface area contributed by atoms with Gasteiger partial charge >= 0.3 is 5.97 Å². The van der Waals surface area contributed by atoms with Crippen molar-refractivity contribution in [2.45, 2.75) is 6.92 Å². The van der Waals surface area contributed by atoms with E-state index in [0.717, 1.165) is 0 Å². The molecule has 0 aliphatic rings. The van der Waals surface area contributed by atoms with Crippen LogP contribution >= 0.6 is 11.3 Å². The standard InChI is InChI=1S/C13H12N2O3S/c1-2-18-13(17)9-4-3-5-10(8-9)15-11(16)12-14-6-7-19-12/h3-8H,2H2,1H3,(H,15,16). The first-order valence-corrected chi connectivity index (χ1v) is 6.56. The molecule has 6 heteroatoms. The topological polar surface area (TPSA) is 68.3 Å². The second-order valence-electron chi connectivity index (χ2n) is 3.59. The van der Waals surface area contributed by atoms with Gasteiger partial charge in [0.1, 0.15) is 0 Å². The van der Waals surface area contributed by atoms with Crippen molar-refractivity contribution in [3.63, 3.8) is 0 Å². The number of hydrogen-bond donors (Lipinski definition) is 1. The van der Waals surface area contributed by atoms with E-state index in [1.807, 2.05) is 0 Å². The molecule has 0 unspecified atom stereocenters. The highest BCUT2D eigenvalue weighted by Gasteiger charge is 2.11. The summed E-state index contributed by atoms with van der Waals surface area (Å²) in [6.07, 6.45) is 1.56. The molecule has 0 saturated carbocycles. The highest BCUT2D eigenvalue weighted by atomic mass is 32.1. The van der Waals surface area contributed by atoms with Crippen molar-refractivity contribution >= 4 is 28.9 Å². The maximum atomic E-state index is 11.8. The van der Waals surface area contributed by atoms with Crippen LogP contribution in [0.5, 0.6) is 0 Å². The first kappa shape index (κ1) is 13.2. The van der Waals surface area contributed by atoms with Crippen LogP contribution in [0.1, 0.15) is 27.1 Å². The van der Waals surface area contributed by atoms with Gasteiger partial charge in [-0.3, -0.25) is 4.79 Å². The number of carbonyl (C=O) groups is 2. The quantitative estimate of drug-likeness (QED) is 0.871. The van der Waals surface area contributed by atoms with E-state index >= 15 is 0 Å². The number of amides is 1. The Morgan fingerprint density at radius 2 is 2.26 bits per heavy atom. The fourth-order valence-corrected chi connectivity index (χ4v) is 1.99. The maximum Gasteiger partial charge on any atom is 0.338 e. The summed E-state index contributed by atoms with van der Waals surface area (Å²) in [7, 11) is 0. The number of esters is 1. The highest BCUT2D eigenvalue weighted by molar-refractivity contribution is 7.11. The SMILES string of the molecule is CCOC(=O)c1cccc(NC(=O)c2nccs2)c1. The number of rotatable bonds is 4. The van der Waals surface area contributed by atoms with Crippen molar-refractivity contribution in [1.29, 1.82) is 0 Å². The molecule has 0 atom stereocenters.